The molecule has 152 valence electrons. The van der Waals surface area contributed by atoms with Gasteiger partial charge in [-0.05, 0) is 85.4 Å². The van der Waals surface area contributed by atoms with Crippen LogP contribution in [0.2, 0.25) is 0 Å². The number of carbonyl (C=O) groups excluding carboxylic acids is 2. The molecule has 0 radical (unpaired) electrons. The van der Waals surface area contributed by atoms with Crippen LogP contribution >= 0.6 is 0 Å². The molecule has 5 heteroatoms. The number of amides is 2. The molecule has 0 aliphatic heterocycles. The zero-order valence-corrected chi connectivity index (χ0v) is 17.1. The molecule has 0 unspecified atom stereocenters. The molecular formula is C25H25N3O2. The largest absolute Gasteiger partial charge is 0.349 e. The van der Waals surface area contributed by atoms with E-state index in [1.54, 1.807) is 4.90 Å². The molecule has 2 aliphatic carbocycles. The number of nitrogens with one attached hydrogen (secondary N) is 1. The van der Waals surface area contributed by atoms with E-state index < -0.39 is 0 Å². The number of nitrogens with zero attached hydrogens (tertiary/aromatic N) is 2. The van der Waals surface area contributed by atoms with E-state index in [1.807, 2.05) is 30.5 Å². The lowest BCUT2D eigenvalue weighted by Gasteiger charge is -2.26. The smallest absolute Gasteiger partial charge is 0.251 e. The number of pyridine rings is 1. The average Bonchev–Trinajstić information content (AvgIpc) is 3.56. The maximum absolute atomic E-state index is 12.6. The summed E-state index contributed by atoms with van der Waals surface area (Å²) in [5.74, 6) is 0.709. The van der Waals surface area contributed by atoms with Crippen molar-refractivity contribution < 1.29 is 9.59 Å². The fourth-order valence-electron chi connectivity index (χ4n) is 4.01. The summed E-state index contributed by atoms with van der Waals surface area (Å²) in [4.78, 5) is 30.3. The van der Waals surface area contributed by atoms with E-state index in [-0.39, 0.29) is 5.91 Å². The van der Waals surface area contributed by atoms with Crippen LogP contribution in [0.3, 0.4) is 0 Å². The van der Waals surface area contributed by atoms with E-state index in [0.717, 1.165) is 59.6 Å². The van der Waals surface area contributed by atoms with Gasteiger partial charge in [-0.3, -0.25) is 14.5 Å². The summed E-state index contributed by atoms with van der Waals surface area (Å²) in [5.41, 5.74) is 3.93. The van der Waals surface area contributed by atoms with E-state index in [0.29, 0.717) is 23.5 Å². The number of carbonyl (C=O) groups is 2. The Balaban J connectivity index is 1.45. The molecule has 1 heterocycles. The Morgan fingerprint density at radius 3 is 2.60 bits per heavy atom. The maximum Gasteiger partial charge on any atom is 0.251 e. The number of aryl methyl sites for hydroxylation is 1. The van der Waals surface area contributed by atoms with Gasteiger partial charge in [0.1, 0.15) is 5.82 Å². The SMILES string of the molecule is Cc1ccc(C(=O)NC2CCC2)cc1-c1ccc2cc(N(C=O)C3CC3)ncc2c1. The zero-order valence-electron chi connectivity index (χ0n) is 17.1. The van der Waals surface area contributed by atoms with Crippen molar-refractivity contribution in [3.05, 3.63) is 59.8 Å². The van der Waals surface area contributed by atoms with Crippen LogP contribution in [-0.4, -0.2) is 29.4 Å². The highest BCUT2D eigenvalue weighted by molar-refractivity contribution is 5.97. The van der Waals surface area contributed by atoms with Crippen LogP contribution in [-0.2, 0) is 4.79 Å². The average molecular weight is 399 g/mol. The third-order valence-electron chi connectivity index (χ3n) is 6.28. The lowest BCUT2D eigenvalue weighted by Crippen LogP contribution is -2.39. The first kappa shape index (κ1) is 18.8. The predicted molar refractivity (Wildman–Crippen MR) is 119 cm³/mol. The lowest BCUT2D eigenvalue weighted by molar-refractivity contribution is -0.107. The van der Waals surface area contributed by atoms with Gasteiger partial charge < -0.3 is 5.32 Å². The van der Waals surface area contributed by atoms with Gasteiger partial charge >= 0.3 is 0 Å². The van der Waals surface area contributed by atoms with Gasteiger partial charge in [0.25, 0.3) is 5.91 Å². The Labute approximate surface area is 176 Å². The fourth-order valence-corrected chi connectivity index (χ4v) is 4.01. The van der Waals surface area contributed by atoms with Crippen molar-refractivity contribution >= 4 is 28.9 Å². The molecule has 0 bridgehead atoms. The summed E-state index contributed by atoms with van der Waals surface area (Å²) in [7, 11) is 0. The van der Waals surface area contributed by atoms with Crippen LogP contribution in [0.4, 0.5) is 5.82 Å². The summed E-state index contributed by atoms with van der Waals surface area (Å²) in [6.07, 6.45) is 8.14. The molecule has 1 N–H and O–H groups in total. The highest BCUT2D eigenvalue weighted by Crippen LogP contribution is 2.32. The topological polar surface area (TPSA) is 62.3 Å². The Kier molecular flexibility index (Phi) is 4.74. The number of rotatable bonds is 6. The molecule has 2 fully saturated rings. The first-order valence-electron chi connectivity index (χ1n) is 10.7. The molecule has 5 nitrogen and oxygen atoms in total. The predicted octanol–water partition coefficient (Wildman–Crippen LogP) is 4.62. The van der Waals surface area contributed by atoms with E-state index in [1.165, 1.54) is 6.42 Å². The molecule has 5 rings (SSSR count). The minimum absolute atomic E-state index is 0.00192. The minimum atomic E-state index is 0.00192. The van der Waals surface area contributed by atoms with Crippen molar-refractivity contribution in [1.29, 1.82) is 0 Å². The van der Waals surface area contributed by atoms with Gasteiger partial charge in [-0.2, -0.15) is 0 Å². The Bertz CT molecular complexity index is 1130. The van der Waals surface area contributed by atoms with Crippen molar-refractivity contribution in [2.45, 2.75) is 51.1 Å². The second-order valence-corrected chi connectivity index (χ2v) is 8.48. The second kappa shape index (κ2) is 7.56. The van der Waals surface area contributed by atoms with Crippen LogP contribution in [0.1, 0.15) is 48.0 Å². The number of aromatic nitrogens is 1. The highest BCUT2D eigenvalue weighted by atomic mass is 16.1. The monoisotopic (exact) mass is 399 g/mol. The summed E-state index contributed by atoms with van der Waals surface area (Å²) in [6.45, 7) is 2.06. The molecule has 30 heavy (non-hydrogen) atoms. The van der Waals surface area contributed by atoms with Crippen LogP contribution < -0.4 is 10.2 Å². The molecular weight excluding hydrogens is 374 g/mol. The number of fused-ring (bicyclic) bond motifs is 1. The Hall–Kier alpha value is -3.21. The van der Waals surface area contributed by atoms with Crippen LogP contribution in [0, 0.1) is 6.92 Å². The quantitative estimate of drug-likeness (QED) is 0.616. The van der Waals surface area contributed by atoms with E-state index in [9.17, 15) is 9.59 Å². The first-order valence-corrected chi connectivity index (χ1v) is 10.7. The van der Waals surface area contributed by atoms with Gasteiger partial charge in [0.05, 0.1) is 0 Å². The van der Waals surface area contributed by atoms with Crippen molar-refractivity contribution in [1.82, 2.24) is 10.3 Å². The number of hydrogen-bond donors (Lipinski definition) is 1. The van der Waals surface area contributed by atoms with Crippen LogP contribution in [0.5, 0.6) is 0 Å². The molecule has 0 atom stereocenters. The van der Waals surface area contributed by atoms with Gasteiger partial charge in [0, 0.05) is 29.2 Å². The normalized spacial score (nSPS) is 16.2. The summed E-state index contributed by atoms with van der Waals surface area (Å²) < 4.78 is 0. The molecule has 2 aromatic carbocycles. The lowest BCUT2D eigenvalue weighted by atomic mass is 9.92. The summed E-state index contributed by atoms with van der Waals surface area (Å²) in [5, 5.41) is 5.18. The molecule has 0 saturated heterocycles. The van der Waals surface area contributed by atoms with Crippen LogP contribution in [0.25, 0.3) is 21.9 Å². The fraction of sp³-hybridized carbons (Fsp3) is 0.320. The van der Waals surface area contributed by atoms with Crippen molar-refractivity contribution in [3.63, 3.8) is 0 Å². The van der Waals surface area contributed by atoms with Crippen molar-refractivity contribution in [3.8, 4) is 11.1 Å². The minimum Gasteiger partial charge on any atom is -0.349 e. The first-order chi connectivity index (χ1) is 14.6. The van der Waals surface area contributed by atoms with E-state index in [2.05, 4.69) is 35.4 Å². The molecule has 0 spiro atoms. The maximum atomic E-state index is 12.6. The van der Waals surface area contributed by atoms with Gasteiger partial charge in [-0.15, -0.1) is 0 Å². The molecule has 2 saturated carbocycles. The van der Waals surface area contributed by atoms with Crippen molar-refractivity contribution in [2.75, 3.05) is 4.90 Å². The number of anilines is 1. The van der Waals surface area contributed by atoms with Crippen molar-refractivity contribution in [2.24, 2.45) is 0 Å². The second-order valence-electron chi connectivity index (χ2n) is 8.48. The van der Waals surface area contributed by atoms with E-state index in [4.69, 9.17) is 0 Å². The number of benzene rings is 2. The van der Waals surface area contributed by atoms with Gasteiger partial charge in [0.2, 0.25) is 6.41 Å². The summed E-state index contributed by atoms with van der Waals surface area (Å²) >= 11 is 0. The Morgan fingerprint density at radius 2 is 1.90 bits per heavy atom. The molecule has 2 amide bonds. The Morgan fingerprint density at radius 1 is 1.07 bits per heavy atom. The summed E-state index contributed by atoms with van der Waals surface area (Å²) in [6, 6.07) is 14.7. The van der Waals surface area contributed by atoms with Gasteiger partial charge in [-0.1, -0.05) is 18.2 Å². The standard InChI is InChI=1S/C25H25N3O2/c1-16-5-6-19(25(30)27-21-3-2-4-21)12-23(16)18-8-7-17-13-24(26-14-20(17)11-18)28(15-29)22-9-10-22/h5-8,11-15,21-22H,2-4,9-10H2,1H3,(H,27,30). The van der Waals surface area contributed by atoms with E-state index >= 15 is 0 Å². The molecule has 2 aliphatic rings. The molecule has 3 aromatic rings. The third-order valence-corrected chi connectivity index (χ3v) is 6.28. The molecule has 1 aromatic heterocycles. The zero-order chi connectivity index (χ0) is 20.7. The van der Waals surface area contributed by atoms with Gasteiger partial charge in [0.15, 0.2) is 0 Å². The number of hydrogen-bond acceptors (Lipinski definition) is 3. The third kappa shape index (κ3) is 3.56. The van der Waals surface area contributed by atoms with Gasteiger partial charge in [-0.25, -0.2) is 4.98 Å². The van der Waals surface area contributed by atoms with Crippen LogP contribution in [0.15, 0.2) is 48.7 Å². The highest BCUT2D eigenvalue weighted by Gasteiger charge is 2.29.